The van der Waals surface area contributed by atoms with Gasteiger partial charge in [0.2, 0.25) is 0 Å². The van der Waals surface area contributed by atoms with Gasteiger partial charge in [-0.1, -0.05) is 83.5 Å². The Balaban J connectivity index is 0.000000159. The number of hydrogen-bond acceptors (Lipinski definition) is 15. The minimum absolute atomic E-state index is 0.141. The van der Waals surface area contributed by atoms with Crippen LogP contribution in [-0.4, -0.2) is 53.4 Å². The standard InChI is InChI=1S/2C22H17FN2O4.C9H11NO2.C8H10N2O2.3C2H6/c2*1-9-10-3-2-4-11-13-7-25-17(19(13)24-16(18(10)11)6-15(9)23)5-12-14(21(25)27)8-29-22(28)20(12)26;1-7-2-4-8(5-3-7)6-12-9(10)11;9-7-3-1-6(2-4-7)5-12-8(10)11;3*1-2/h2*5-6,20,26H,2-4,7-8H2,1H3;2-5H,6H2,1H3,(H2,10,11);1-4H,5,9H2,(H2,10,11);3*1-2H3. The molecule has 0 spiro atoms. The molecule has 8 heterocycles. The van der Waals surface area contributed by atoms with E-state index in [1.165, 1.54) is 17.7 Å². The molecule has 88 heavy (non-hydrogen) atoms. The number of primary amides is 2. The van der Waals surface area contributed by atoms with Gasteiger partial charge >= 0.3 is 24.1 Å². The number of anilines is 1. The van der Waals surface area contributed by atoms with Gasteiger partial charge in [-0.2, -0.15) is 0 Å². The van der Waals surface area contributed by atoms with Crippen LogP contribution in [0.4, 0.5) is 24.1 Å². The number of nitrogens with two attached hydrogens (primary N) is 3. The van der Waals surface area contributed by atoms with Gasteiger partial charge in [-0.05, 0) is 128 Å². The molecule has 0 saturated heterocycles. The fourth-order valence-corrected chi connectivity index (χ4v) is 11.7. The SMILES string of the molecule is CC.CC.CC.Cc1c(F)cc2nc3c(c4c2c1CCC4)Cn1c-3cc2c(c1=O)COC(=O)C2O.Cc1c(F)cc2nc3c(c4c2c1CCC4)Cn1c-3cc2c(c1=O)COC(=O)C2O.Cc1ccc(COC(N)=O)cc1.NC(=O)OCc1ccc(N)cc1. The van der Waals surface area contributed by atoms with E-state index in [4.69, 9.17) is 36.6 Å². The van der Waals surface area contributed by atoms with E-state index in [0.29, 0.717) is 74.8 Å². The van der Waals surface area contributed by atoms with E-state index in [2.05, 4.69) is 9.47 Å². The zero-order valence-electron chi connectivity index (χ0n) is 50.8. The molecular formula is C67H73F2N7O12. The number of carbonyl (C=O) groups is 4. The summed E-state index contributed by atoms with van der Waals surface area (Å²) in [6.07, 6.45) is 0.720. The largest absolute Gasteiger partial charge is 0.458 e. The Kier molecular flexibility index (Phi) is 20.3. The number of benzene rings is 4. The molecule has 0 radical (unpaired) electrons. The molecule has 2 amide bonds. The summed E-state index contributed by atoms with van der Waals surface area (Å²) in [6, 6.07) is 21.0. The first-order valence-corrected chi connectivity index (χ1v) is 29.5. The molecule has 19 nitrogen and oxygen atoms in total. The summed E-state index contributed by atoms with van der Waals surface area (Å²) in [7, 11) is 0. The number of amides is 2. The van der Waals surface area contributed by atoms with Crippen molar-refractivity contribution in [2.24, 2.45) is 11.5 Å². The predicted octanol–water partition coefficient (Wildman–Crippen LogP) is 10.4. The van der Waals surface area contributed by atoms with E-state index < -0.39 is 36.3 Å². The summed E-state index contributed by atoms with van der Waals surface area (Å²) in [6.45, 7) is 18.5. The molecule has 0 saturated carbocycles. The van der Waals surface area contributed by atoms with E-state index in [1.54, 1.807) is 59.4 Å². The Morgan fingerprint density at radius 2 is 0.920 bits per heavy atom. The second-order valence-corrected chi connectivity index (χ2v) is 20.9. The van der Waals surface area contributed by atoms with E-state index >= 15 is 0 Å². The lowest BCUT2D eigenvalue weighted by Gasteiger charge is -2.22. The van der Waals surface area contributed by atoms with Crippen molar-refractivity contribution in [2.75, 3.05) is 5.73 Å². The Morgan fingerprint density at radius 3 is 1.30 bits per heavy atom. The highest BCUT2D eigenvalue weighted by Gasteiger charge is 2.38. The number of fused-ring (bicyclic) bond motifs is 10. The number of aliphatic hydroxyl groups excluding tert-OH is 2. The second-order valence-electron chi connectivity index (χ2n) is 20.9. The van der Waals surface area contributed by atoms with E-state index in [9.17, 15) is 47.8 Å². The molecule has 2 aliphatic carbocycles. The average molecular weight is 1210 g/mol. The van der Waals surface area contributed by atoms with Gasteiger partial charge in [0.25, 0.3) is 11.1 Å². The number of esters is 2. The van der Waals surface area contributed by atoms with Crippen LogP contribution < -0.4 is 28.3 Å². The van der Waals surface area contributed by atoms with Gasteiger partial charge in [-0.3, -0.25) is 9.59 Å². The number of hydrogen-bond donors (Lipinski definition) is 5. The molecule has 14 rings (SSSR count). The van der Waals surface area contributed by atoms with Crippen molar-refractivity contribution >= 4 is 51.6 Å². The highest BCUT2D eigenvalue weighted by Crippen LogP contribution is 2.44. The Hall–Kier alpha value is -9.34. The summed E-state index contributed by atoms with van der Waals surface area (Å²) < 4.78 is 51.3. The van der Waals surface area contributed by atoms with Crippen LogP contribution in [-0.2, 0) is 93.7 Å². The maximum Gasteiger partial charge on any atom is 0.404 e. The molecule has 6 aliphatic rings. The van der Waals surface area contributed by atoms with Crippen molar-refractivity contribution in [1.82, 2.24) is 19.1 Å². The normalized spacial score (nSPS) is 15.3. The highest BCUT2D eigenvalue weighted by atomic mass is 19.1. The summed E-state index contributed by atoms with van der Waals surface area (Å²) in [5.41, 5.74) is 30.4. The first kappa shape index (κ1) is 64.7. The van der Waals surface area contributed by atoms with Crippen molar-refractivity contribution in [3.8, 4) is 22.8 Å². The molecule has 0 bridgehead atoms. The third-order valence-corrected chi connectivity index (χ3v) is 15.9. The number of cyclic esters (lactones) is 2. The van der Waals surface area contributed by atoms with Crippen LogP contribution in [0.1, 0.15) is 150 Å². The lowest BCUT2D eigenvalue weighted by molar-refractivity contribution is -0.158. The van der Waals surface area contributed by atoms with Gasteiger partial charge in [0.1, 0.15) is 38.1 Å². The Labute approximate surface area is 507 Å². The van der Waals surface area contributed by atoms with Gasteiger partial charge in [0.05, 0.1) is 58.0 Å². The number of halogens is 2. The summed E-state index contributed by atoms with van der Waals surface area (Å²) >= 11 is 0. The molecule has 4 aromatic carbocycles. The van der Waals surface area contributed by atoms with Crippen molar-refractivity contribution in [1.29, 1.82) is 0 Å². The minimum Gasteiger partial charge on any atom is -0.458 e. The Morgan fingerprint density at radius 1 is 0.557 bits per heavy atom. The number of aliphatic hydroxyl groups is 2. The van der Waals surface area contributed by atoms with Crippen molar-refractivity contribution in [3.63, 3.8) is 0 Å². The number of aryl methyl sites for hydroxylation is 5. The summed E-state index contributed by atoms with van der Waals surface area (Å²) in [4.78, 5) is 79.6. The van der Waals surface area contributed by atoms with Gasteiger partial charge in [-0.15, -0.1) is 0 Å². The van der Waals surface area contributed by atoms with Crippen LogP contribution in [0.15, 0.2) is 82.4 Å². The van der Waals surface area contributed by atoms with E-state index in [-0.39, 0.29) is 60.3 Å². The second kappa shape index (κ2) is 27.6. The van der Waals surface area contributed by atoms with Crippen molar-refractivity contribution in [2.45, 2.75) is 153 Å². The molecule has 21 heteroatoms. The van der Waals surface area contributed by atoms with Crippen LogP contribution in [0.5, 0.6) is 0 Å². The highest BCUT2D eigenvalue weighted by molar-refractivity contribution is 5.94. The monoisotopic (exact) mass is 1210 g/mol. The molecule has 8 aromatic rings. The first-order valence-electron chi connectivity index (χ1n) is 29.5. The molecule has 2 atom stereocenters. The molecule has 4 aliphatic heterocycles. The maximum atomic E-state index is 14.5. The number of nitrogen functional groups attached to an aromatic ring is 1. The van der Waals surface area contributed by atoms with Crippen LogP contribution >= 0.6 is 0 Å². The number of aromatic nitrogens is 4. The average Bonchev–Trinajstić information content (AvgIpc) is 1.55. The smallest absolute Gasteiger partial charge is 0.404 e. The fourth-order valence-electron chi connectivity index (χ4n) is 11.7. The van der Waals surface area contributed by atoms with Crippen LogP contribution in [0.2, 0.25) is 0 Å². The Bertz CT molecular complexity index is 3900. The zero-order valence-corrected chi connectivity index (χ0v) is 50.8. The first-order chi connectivity index (χ1) is 42.3. The number of carbonyl (C=O) groups excluding carboxylic acids is 4. The van der Waals surface area contributed by atoms with Crippen molar-refractivity contribution < 1.29 is 57.1 Å². The predicted molar refractivity (Wildman–Crippen MR) is 329 cm³/mol. The topological polar surface area (TPSA) is 294 Å². The van der Waals surface area contributed by atoms with Crippen LogP contribution in [0, 0.1) is 32.4 Å². The molecule has 4 aromatic heterocycles. The van der Waals surface area contributed by atoms with E-state index in [1.807, 2.05) is 72.7 Å². The summed E-state index contributed by atoms with van der Waals surface area (Å²) in [5, 5.41) is 22.5. The molecular weight excluding hydrogens is 1130 g/mol. The summed E-state index contributed by atoms with van der Waals surface area (Å²) in [5.74, 6) is -2.06. The maximum absolute atomic E-state index is 14.5. The fraction of sp³-hybridized carbons (Fsp3) is 0.343. The molecule has 2 unspecified atom stereocenters. The van der Waals surface area contributed by atoms with Crippen molar-refractivity contribution in [3.05, 3.63) is 189 Å². The number of nitrogens with zero attached hydrogens (tertiary/aromatic N) is 4. The lowest BCUT2D eigenvalue weighted by Crippen LogP contribution is -2.32. The van der Waals surface area contributed by atoms with Gasteiger partial charge in [0.15, 0.2) is 12.2 Å². The van der Waals surface area contributed by atoms with Crippen LogP contribution in [0.25, 0.3) is 44.6 Å². The molecule has 0 fully saturated rings. The molecule has 462 valence electrons. The third kappa shape index (κ3) is 12.6. The van der Waals surface area contributed by atoms with Gasteiger partial charge < -0.3 is 55.5 Å². The van der Waals surface area contributed by atoms with E-state index in [0.717, 1.165) is 93.8 Å². The molecule has 8 N–H and O–H groups in total. The number of rotatable bonds is 4. The lowest BCUT2D eigenvalue weighted by atomic mass is 9.85. The van der Waals surface area contributed by atoms with Gasteiger partial charge in [0, 0.05) is 50.8 Å². The quantitative estimate of drug-likeness (QED) is 0.0622. The third-order valence-electron chi connectivity index (χ3n) is 15.9. The number of pyridine rings is 4. The van der Waals surface area contributed by atoms with Gasteiger partial charge in [-0.25, -0.2) is 37.9 Å². The van der Waals surface area contributed by atoms with Crippen LogP contribution in [0.3, 0.4) is 0 Å². The zero-order chi connectivity index (χ0) is 64.0. The number of ether oxygens (including phenoxy) is 4. The minimum atomic E-state index is -1.48.